The molecule has 1 aromatic carbocycles. The van der Waals surface area contributed by atoms with E-state index in [4.69, 9.17) is 4.74 Å². The Morgan fingerprint density at radius 2 is 2.00 bits per heavy atom. The zero-order valence-electron chi connectivity index (χ0n) is 13.0. The van der Waals surface area contributed by atoms with Gasteiger partial charge >= 0.3 is 0 Å². The van der Waals surface area contributed by atoms with Crippen molar-refractivity contribution in [2.75, 3.05) is 13.7 Å². The Labute approximate surface area is 139 Å². The van der Waals surface area contributed by atoms with Crippen LogP contribution in [0.1, 0.15) is 41.0 Å². The van der Waals surface area contributed by atoms with Gasteiger partial charge in [-0.2, -0.15) is 0 Å². The summed E-state index contributed by atoms with van der Waals surface area (Å²) < 4.78 is 6.53. The average molecular weight is 368 g/mol. The molecule has 1 unspecified atom stereocenters. The van der Waals surface area contributed by atoms with Gasteiger partial charge in [0.2, 0.25) is 0 Å². The molecule has 0 aliphatic rings. The Balaban J connectivity index is 2.40. The molecule has 0 aliphatic heterocycles. The first kappa shape index (κ1) is 16.5. The Morgan fingerprint density at radius 3 is 2.52 bits per heavy atom. The van der Waals surface area contributed by atoms with Gasteiger partial charge in [0.1, 0.15) is 5.75 Å². The molecule has 1 heterocycles. The maximum atomic E-state index is 5.31. The molecule has 0 amide bonds. The predicted octanol–water partition coefficient (Wildman–Crippen LogP) is 5.23. The van der Waals surface area contributed by atoms with Gasteiger partial charge in [0.25, 0.3) is 0 Å². The largest absolute Gasteiger partial charge is 0.497 e. The number of rotatable bonds is 6. The predicted molar refractivity (Wildman–Crippen MR) is 94.6 cm³/mol. The normalized spacial score (nSPS) is 12.4. The summed E-state index contributed by atoms with van der Waals surface area (Å²) in [5, 5.41) is 3.67. The lowest BCUT2D eigenvalue weighted by atomic mass is 9.99. The number of ether oxygens (including phenoxy) is 1. The summed E-state index contributed by atoms with van der Waals surface area (Å²) in [6.07, 6.45) is 1.12. The van der Waals surface area contributed by atoms with Crippen LogP contribution in [-0.4, -0.2) is 13.7 Å². The molecule has 2 rings (SSSR count). The van der Waals surface area contributed by atoms with E-state index in [1.807, 2.05) is 17.4 Å². The van der Waals surface area contributed by atoms with Crippen molar-refractivity contribution in [3.8, 4) is 5.75 Å². The second-order valence-electron chi connectivity index (χ2n) is 5.22. The summed E-state index contributed by atoms with van der Waals surface area (Å²) in [6, 6.07) is 8.83. The van der Waals surface area contributed by atoms with Crippen LogP contribution < -0.4 is 10.1 Å². The summed E-state index contributed by atoms with van der Waals surface area (Å²) in [5.41, 5.74) is 3.87. The van der Waals surface area contributed by atoms with E-state index in [9.17, 15) is 0 Å². The lowest BCUT2D eigenvalue weighted by Crippen LogP contribution is -2.23. The molecule has 2 aromatic rings. The third-order valence-electron chi connectivity index (χ3n) is 3.55. The van der Waals surface area contributed by atoms with Gasteiger partial charge in [0.05, 0.1) is 16.9 Å². The van der Waals surface area contributed by atoms with Crippen molar-refractivity contribution in [3.05, 3.63) is 49.6 Å². The molecular weight excluding hydrogens is 346 g/mol. The van der Waals surface area contributed by atoms with Crippen molar-refractivity contribution >= 4 is 27.3 Å². The minimum atomic E-state index is 0.242. The summed E-state index contributed by atoms with van der Waals surface area (Å²) in [7, 11) is 1.71. The molecule has 0 saturated heterocycles. The third kappa shape index (κ3) is 3.87. The number of hydrogen-bond donors (Lipinski definition) is 1. The van der Waals surface area contributed by atoms with E-state index in [-0.39, 0.29) is 6.04 Å². The van der Waals surface area contributed by atoms with Crippen molar-refractivity contribution in [2.24, 2.45) is 0 Å². The van der Waals surface area contributed by atoms with Crippen LogP contribution >= 0.6 is 27.3 Å². The molecule has 1 atom stereocenters. The topological polar surface area (TPSA) is 21.3 Å². The molecule has 0 aliphatic carbocycles. The van der Waals surface area contributed by atoms with E-state index >= 15 is 0 Å². The van der Waals surface area contributed by atoms with Gasteiger partial charge in [-0.05, 0) is 77.6 Å². The van der Waals surface area contributed by atoms with Crippen LogP contribution in [0.25, 0.3) is 0 Å². The highest BCUT2D eigenvalue weighted by Gasteiger charge is 2.19. The van der Waals surface area contributed by atoms with Gasteiger partial charge in [-0.1, -0.05) is 13.0 Å². The highest BCUT2D eigenvalue weighted by molar-refractivity contribution is 9.11. The molecule has 0 fully saturated rings. The second-order valence-corrected chi connectivity index (χ2v) is 7.62. The smallest absolute Gasteiger partial charge is 0.119 e. The first-order valence-corrected chi connectivity index (χ1v) is 8.81. The van der Waals surface area contributed by atoms with Crippen LogP contribution in [0.15, 0.2) is 28.1 Å². The van der Waals surface area contributed by atoms with E-state index in [0.717, 1.165) is 18.7 Å². The number of nitrogens with one attached hydrogen (secondary N) is 1. The SMILES string of the molecule is CCCNC(c1cc(C)c(Br)s1)c1ccc(OC)cc1C. The standard InChI is InChI=1S/C17H22BrNOS/c1-5-8-19-16(15-10-12(3)17(18)21-15)14-7-6-13(20-4)9-11(14)2/h6-7,9-10,16,19H,5,8H2,1-4H3. The maximum absolute atomic E-state index is 5.31. The fourth-order valence-electron chi connectivity index (χ4n) is 2.38. The van der Waals surface area contributed by atoms with Gasteiger partial charge in [0, 0.05) is 4.88 Å². The molecule has 21 heavy (non-hydrogen) atoms. The molecular formula is C17H22BrNOS. The van der Waals surface area contributed by atoms with Gasteiger partial charge in [-0.25, -0.2) is 0 Å². The van der Waals surface area contributed by atoms with Crippen LogP contribution in [0.5, 0.6) is 5.75 Å². The van der Waals surface area contributed by atoms with Crippen LogP contribution in [0.2, 0.25) is 0 Å². The zero-order valence-corrected chi connectivity index (χ0v) is 15.4. The van der Waals surface area contributed by atoms with Gasteiger partial charge in [-0.3, -0.25) is 0 Å². The summed E-state index contributed by atoms with van der Waals surface area (Å²) in [6.45, 7) is 7.49. The molecule has 4 heteroatoms. The quantitative estimate of drug-likeness (QED) is 0.754. The van der Waals surface area contributed by atoms with E-state index in [1.54, 1.807) is 7.11 Å². The molecule has 114 valence electrons. The first-order chi connectivity index (χ1) is 10.1. The number of halogens is 1. The minimum Gasteiger partial charge on any atom is -0.497 e. The maximum Gasteiger partial charge on any atom is 0.119 e. The molecule has 0 bridgehead atoms. The third-order valence-corrected chi connectivity index (χ3v) is 5.75. The van der Waals surface area contributed by atoms with Crippen LogP contribution in [-0.2, 0) is 0 Å². The van der Waals surface area contributed by atoms with Gasteiger partial charge < -0.3 is 10.1 Å². The first-order valence-electron chi connectivity index (χ1n) is 7.20. The lowest BCUT2D eigenvalue weighted by molar-refractivity contribution is 0.414. The molecule has 1 N–H and O–H groups in total. The van der Waals surface area contributed by atoms with E-state index in [0.29, 0.717) is 0 Å². The number of thiophene rings is 1. The fraction of sp³-hybridized carbons (Fsp3) is 0.412. The molecule has 1 aromatic heterocycles. The summed E-state index contributed by atoms with van der Waals surface area (Å²) in [5.74, 6) is 0.911. The minimum absolute atomic E-state index is 0.242. The molecule has 2 nitrogen and oxygen atoms in total. The van der Waals surface area contributed by atoms with Gasteiger partial charge in [0.15, 0.2) is 0 Å². The van der Waals surface area contributed by atoms with Crippen molar-refractivity contribution < 1.29 is 4.74 Å². The van der Waals surface area contributed by atoms with Crippen molar-refractivity contribution in [1.29, 1.82) is 0 Å². The van der Waals surface area contributed by atoms with Crippen LogP contribution in [0.4, 0.5) is 0 Å². The number of hydrogen-bond acceptors (Lipinski definition) is 3. The van der Waals surface area contributed by atoms with Crippen LogP contribution in [0, 0.1) is 13.8 Å². The highest BCUT2D eigenvalue weighted by atomic mass is 79.9. The van der Waals surface area contributed by atoms with E-state index < -0.39 is 0 Å². The molecule has 0 spiro atoms. The highest BCUT2D eigenvalue weighted by Crippen LogP contribution is 2.36. The number of benzene rings is 1. The molecule has 0 radical (unpaired) electrons. The zero-order chi connectivity index (χ0) is 15.4. The second kappa shape index (κ2) is 7.43. The molecule has 0 saturated carbocycles. The van der Waals surface area contributed by atoms with Crippen molar-refractivity contribution in [2.45, 2.75) is 33.2 Å². The van der Waals surface area contributed by atoms with Crippen LogP contribution in [0.3, 0.4) is 0 Å². The van der Waals surface area contributed by atoms with Gasteiger partial charge in [-0.15, -0.1) is 11.3 Å². The Bertz CT molecular complexity index is 589. The number of methoxy groups -OCH3 is 1. The summed E-state index contributed by atoms with van der Waals surface area (Å²) >= 11 is 5.45. The fourth-order valence-corrected chi connectivity index (χ4v) is 4.04. The van der Waals surface area contributed by atoms with E-state index in [2.05, 4.69) is 60.2 Å². The Morgan fingerprint density at radius 1 is 1.24 bits per heavy atom. The van der Waals surface area contributed by atoms with Crippen molar-refractivity contribution in [3.63, 3.8) is 0 Å². The van der Waals surface area contributed by atoms with E-state index in [1.165, 1.54) is 25.4 Å². The number of aryl methyl sites for hydroxylation is 2. The monoisotopic (exact) mass is 367 g/mol. The summed E-state index contributed by atoms with van der Waals surface area (Å²) in [4.78, 5) is 1.35. The lowest BCUT2D eigenvalue weighted by Gasteiger charge is -2.20. The van der Waals surface area contributed by atoms with Crippen molar-refractivity contribution in [1.82, 2.24) is 5.32 Å². The average Bonchev–Trinajstić information content (AvgIpc) is 2.80. The Hall–Kier alpha value is -0.840. The Kier molecular flexibility index (Phi) is 5.85.